The molecule has 152 valence electrons. The highest BCUT2D eigenvalue weighted by molar-refractivity contribution is 5.93. The van der Waals surface area contributed by atoms with Crippen LogP contribution in [-0.4, -0.2) is 25.2 Å². The molecule has 2 rings (SSSR count). The minimum Gasteiger partial charge on any atom is -0.490 e. The third kappa shape index (κ3) is 5.99. The summed E-state index contributed by atoms with van der Waals surface area (Å²) in [5, 5.41) is 5.05. The molecule has 0 aromatic heterocycles. The minimum absolute atomic E-state index is 0.00735. The number of nitrogens with one attached hydrogen (secondary N) is 1. The van der Waals surface area contributed by atoms with Crippen LogP contribution >= 0.6 is 0 Å². The van der Waals surface area contributed by atoms with E-state index in [1.165, 1.54) is 5.56 Å². The predicted molar refractivity (Wildman–Crippen MR) is 113 cm³/mol. The van der Waals surface area contributed by atoms with E-state index in [-0.39, 0.29) is 18.0 Å². The Labute approximate surface area is 168 Å². The lowest BCUT2D eigenvalue weighted by atomic mass is 10.1. The standard InChI is InChI=1S/C23H32N2O3/c1-6-18-9-12-20(13-10-18)25-23(26)17(5)24-16(4)19-11-14-21(27-7-2)22(15-19)28-8-3/h9-17,24H,6-8H2,1-5H3,(H,25,26)/p+1/t16-,17+/m1/s1. The number of aryl methyl sites for hydroxylation is 1. The summed E-state index contributed by atoms with van der Waals surface area (Å²) < 4.78 is 11.3. The zero-order chi connectivity index (χ0) is 20.5. The largest absolute Gasteiger partial charge is 0.490 e. The number of hydrogen-bond donors (Lipinski definition) is 2. The molecule has 0 fully saturated rings. The Morgan fingerprint density at radius 2 is 1.61 bits per heavy atom. The first-order valence-electron chi connectivity index (χ1n) is 10.1. The lowest BCUT2D eigenvalue weighted by Crippen LogP contribution is -2.91. The van der Waals surface area contributed by atoms with Crippen molar-refractivity contribution in [2.45, 2.75) is 53.1 Å². The van der Waals surface area contributed by atoms with E-state index in [9.17, 15) is 4.79 Å². The van der Waals surface area contributed by atoms with Gasteiger partial charge in [0.25, 0.3) is 5.91 Å². The molecule has 0 spiro atoms. The van der Waals surface area contributed by atoms with Crippen LogP contribution in [-0.2, 0) is 11.2 Å². The van der Waals surface area contributed by atoms with Crippen LogP contribution < -0.4 is 20.1 Å². The lowest BCUT2D eigenvalue weighted by molar-refractivity contribution is -0.709. The van der Waals surface area contributed by atoms with Crippen molar-refractivity contribution in [1.29, 1.82) is 0 Å². The van der Waals surface area contributed by atoms with Gasteiger partial charge in [-0.05, 0) is 70.0 Å². The molecule has 0 heterocycles. The average Bonchev–Trinajstić information content (AvgIpc) is 2.70. The van der Waals surface area contributed by atoms with Crippen LogP contribution in [0.4, 0.5) is 5.69 Å². The number of amides is 1. The fourth-order valence-electron chi connectivity index (χ4n) is 3.06. The summed E-state index contributed by atoms with van der Waals surface area (Å²) in [6.45, 7) is 11.2. The number of rotatable bonds is 10. The van der Waals surface area contributed by atoms with Gasteiger partial charge in [0.2, 0.25) is 0 Å². The molecule has 0 aliphatic rings. The van der Waals surface area contributed by atoms with E-state index in [4.69, 9.17) is 9.47 Å². The van der Waals surface area contributed by atoms with Gasteiger partial charge in [0.05, 0.1) is 13.2 Å². The molecular formula is C23H33N2O3+. The van der Waals surface area contributed by atoms with Crippen LogP contribution in [0.3, 0.4) is 0 Å². The predicted octanol–water partition coefficient (Wildman–Crippen LogP) is 3.70. The van der Waals surface area contributed by atoms with Crippen LogP contribution in [0.1, 0.15) is 51.8 Å². The molecule has 28 heavy (non-hydrogen) atoms. The molecule has 2 atom stereocenters. The summed E-state index contributed by atoms with van der Waals surface area (Å²) in [6, 6.07) is 13.9. The first-order valence-corrected chi connectivity index (χ1v) is 10.1. The van der Waals surface area contributed by atoms with Gasteiger partial charge in [-0.25, -0.2) is 0 Å². The fraction of sp³-hybridized carbons (Fsp3) is 0.435. The Morgan fingerprint density at radius 1 is 0.964 bits per heavy atom. The highest BCUT2D eigenvalue weighted by Crippen LogP contribution is 2.30. The Balaban J connectivity index is 2.00. The Hall–Kier alpha value is -2.53. The van der Waals surface area contributed by atoms with Crippen molar-refractivity contribution in [2.75, 3.05) is 18.5 Å². The van der Waals surface area contributed by atoms with Crippen molar-refractivity contribution in [3.63, 3.8) is 0 Å². The summed E-state index contributed by atoms with van der Waals surface area (Å²) in [5.41, 5.74) is 3.18. The molecule has 0 saturated carbocycles. The van der Waals surface area contributed by atoms with Crippen molar-refractivity contribution in [3.8, 4) is 11.5 Å². The summed E-state index contributed by atoms with van der Waals surface area (Å²) >= 11 is 0. The lowest BCUT2D eigenvalue weighted by Gasteiger charge is -2.18. The highest BCUT2D eigenvalue weighted by Gasteiger charge is 2.21. The zero-order valence-electron chi connectivity index (χ0n) is 17.6. The van der Waals surface area contributed by atoms with E-state index in [2.05, 4.69) is 24.5 Å². The summed E-state index contributed by atoms with van der Waals surface area (Å²) in [4.78, 5) is 12.6. The molecule has 5 heteroatoms. The Bertz CT molecular complexity index is 759. The molecule has 0 unspecified atom stereocenters. The van der Waals surface area contributed by atoms with Crippen molar-refractivity contribution in [2.24, 2.45) is 0 Å². The van der Waals surface area contributed by atoms with E-state index in [1.807, 2.05) is 63.2 Å². The molecule has 0 aliphatic carbocycles. The minimum atomic E-state index is -0.219. The quantitative estimate of drug-likeness (QED) is 0.655. The average molecular weight is 386 g/mol. The molecule has 3 N–H and O–H groups in total. The van der Waals surface area contributed by atoms with Crippen LogP contribution in [0.25, 0.3) is 0 Å². The molecule has 0 radical (unpaired) electrons. The third-order valence-corrected chi connectivity index (χ3v) is 4.71. The van der Waals surface area contributed by atoms with E-state index in [0.717, 1.165) is 29.2 Å². The first kappa shape index (κ1) is 21.8. The Kier molecular flexibility index (Phi) is 8.33. The summed E-state index contributed by atoms with van der Waals surface area (Å²) in [7, 11) is 0. The number of anilines is 1. The normalized spacial score (nSPS) is 12.9. The molecule has 0 aliphatic heterocycles. The molecular weight excluding hydrogens is 352 g/mol. The van der Waals surface area contributed by atoms with Crippen molar-refractivity contribution in [3.05, 3.63) is 53.6 Å². The van der Waals surface area contributed by atoms with Crippen LogP contribution in [0, 0.1) is 0 Å². The third-order valence-electron chi connectivity index (χ3n) is 4.71. The number of benzene rings is 2. The second kappa shape index (κ2) is 10.7. The van der Waals surface area contributed by atoms with E-state index in [1.54, 1.807) is 0 Å². The summed E-state index contributed by atoms with van der Waals surface area (Å²) in [6.07, 6.45) is 0.988. The van der Waals surface area contributed by atoms with Gasteiger partial charge in [-0.3, -0.25) is 4.79 Å². The molecule has 0 bridgehead atoms. The maximum absolute atomic E-state index is 12.6. The second-order valence-corrected chi connectivity index (χ2v) is 6.88. The number of carbonyl (C=O) groups is 1. The zero-order valence-corrected chi connectivity index (χ0v) is 17.6. The smallest absolute Gasteiger partial charge is 0.282 e. The fourth-order valence-corrected chi connectivity index (χ4v) is 3.06. The summed E-state index contributed by atoms with van der Waals surface area (Å²) in [5.74, 6) is 1.49. The van der Waals surface area contributed by atoms with E-state index < -0.39 is 0 Å². The molecule has 1 amide bonds. The van der Waals surface area contributed by atoms with Crippen LogP contribution in [0.5, 0.6) is 11.5 Å². The van der Waals surface area contributed by atoms with Crippen LogP contribution in [0.15, 0.2) is 42.5 Å². The van der Waals surface area contributed by atoms with Gasteiger partial charge in [0.15, 0.2) is 17.5 Å². The number of quaternary nitrogens is 1. The monoisotopic (exact) mass is 385 g/mol. The maximum atomic E-state index is 12.6. The first-order chi connectivity index (χ1) is 13.5. The van der Waals surface area contributed by atoms with Crippen molar-refractivity contribution < 1.29 is 19.6 Å². The van der Waals surface area contributed by atoms with E-state index in [0.29, 0.717) is 13.2 Å². The van der Waals surface area contributed by atoms with Gasteiger partial charge in [-0.1, -0.05) is 19.1 Å². The number of hydrogen-bond acceptors (Lipinski definition) is 3. The van der Waals surface area contributed by atoms with Gasteiger partial charge in [-0.15, -0.1) is 0 Å². The maximum Gasteiger partial charge on any atom is 0.282 e. The van der Waals surface area contributed by atoms with Gasteiger partial charge in [0, 0.05) is 11.3 Å². The SMILES string of the molecule is CCOc1ccc([C@@H](C)[NH2+][C@@H](C)C(=O)Nc2ccc(CC)cc2)cc1OCC. The topological polar surface area (TPSA) is 64.2 Å². The Morgan fingerprint density at radius 3 is 2.21 bits per heavy atom. The molecule has 2 aromatic rings. The van der Waals surface area contributed by atoms with Crippen LogP contribution in [0.2, 0.25) is 0 Å². The van der Waals surface area contributed by atoms with E-state index >= 15 is 0 Å². The molecule has 0 saturated heterocycles. The van der Waals surface area contributed by atoms with Gasteiger partial charge < -0.3 is 20.1 Å². The van der Waals surface area contributed by atoms with Gasteiger partial charge in [0.1, 0.15) is 6.04 Å². The van der Waals surface area contributed by atoms with Crippen molar-refractivity contribution >= 4 is 11.6 Å². The highest BCUT2D eigenvalue weighted by atomic mass is 16.5. The van der Waals surface area contributed by atoms with Gasteiger partial charge >= 0.3 is 0 Å². The number of carbonyl (C=O) groups excluding carboxylic acids is 1. The number of nitrogens with two attached hydrogens (primary N) is 1. The van der Waals surface area contributed by atoms with Crippen molar-refractivity contribution in [1.82, 2.24) is 0 Å². The van der Waals surface area contributed by atoms with Gasteiger partial charge in [-0.2, -0.15) is 0 Å². The molecule has 2 aromatic carbocycles. The number of ether oxygens (including phenoxy) is 2. The molecule has 5 nitrogen and oxygen atoms in total. The second-order valence-electron chi connectivity index (χ2n) is 6.88.